The van der Waals surface area contributed by atoms with E-state index in [9.17, 15) is 4.79 Å². The molecule has 0 radical (unpaired) electrons. The van der Waals surface area contributed by atoms with Crippen LogP contribution in [0.4, 0.5) is 4.79 Å². The Morgan fingerprint density at radius 3 is 0.800 bits per heavy atom. The Morgan fingerprint density at radius 1 is 0.375 bits per heavy atom. The van der Waals surface area contributed by atoms with Crippen LogP contribution in [0.15, 0.2) is 0 Å². The van der Waals surface area contributed by atoms with Gasteiger partial charge in [-0.25, -0.2) is 4.79 Å². The topological polar surface area (TPSA) is 35.5 Å². The highest BCUT2D eigenvalue weighted by molar-refractivity contribution is 5.60. The van der Waals surface area contributed by atoms with Gasteiger partial charge in [-0.05, 0) is 39.5 Å². The molecule has 2 unspecified atom stereocenters. The molecule has 0 heterocycles. The maximum atomic E-state index is 12.1. The van der Waals surface area contributed by atoms with Crippen molar-refractivity contribution in [2.75, 3.05) is 0 Å². The largest absolute Gasteiger partial charge is 0.508 e. The van der Waals surface area contributed by atoms with E-state index in [0.717, 1.165) is 25.7 Å². The molecule has 0 spiro atoms. The molecule has 240 valence electrons. The molecule has 0 N–H and O–H groups in total. The van der Waals surface area contributed by atoms with E-state index in [4.69, 9.17) is 9.47 Å². The number of hydrogen-bond acceptors (Lipinski definition) is 3. The molecular formula is C37H74O3. The summed E-state index contributed by atoms with van der Waals surface area (Å²) in [5.74, 6) is 0. The summed E-state index contributed by atoms with van der Waals surface area (Å²) in [7, 11) is 0. The Morgan fingerprint density at radius 2 is 0.575 bits per heavy atom. The lowest BCUT2D eigenvalue weighted by atomic mass is 10.0. The fraction of sp³-hybridized carbons (Fsp3) is 0.973. The first-order valence-electron chi connectivity index (χ1n) is 18.5. The fourth-order valence-electron chi connectivity index (χ4n) is 5.73. The summed E-state index contributed by atoms with van der Waals surface area (Å²) < 4.78 is 11.0. The van der Waals surface area contributed by atoms with Crippen molar-refractivity contribution in [3.63, 3.8) is 0 Å². The third-order valence-electron chi connectivity index (χ3n) is 8.52. The lowest BCUT2D eigenvalue weighted by Gasteiger charge is -2.16. The van der Waals surface area contributed by atoms with E-state index in [-0.39, 0.29) is 12.2 Å². The minimum Gasteiger partial charge on any atom is -0.431 e. The zero-order valence-corrected chi connectivity index (χ0v) is 28.1. The Balaban J connectivity index is 3.40. The van der Waals surface area contributed by atoms with Gasteiger partial charge in [-0.2, -0.15) is 0 Å². The molecule has 3 heteroatoms. The Hall–Kier alpha value is -0.730. The summed E-state index contributed by atoms with van der Waals surface area (Å²) in [5, 5.41) is 0. The van der Waals surface area contributed by atoms with Gasteiger partial charge in [0.05, 0.1) is 0 Å². The normalized spacial score (nSPS) is 12.9. The van der Waals surface area contributed by atoms with Crippen LogP contribution in [0.25, 0.3) is 0 Å². The van der Waals surface area contributed by atoms with Crippen molar-refractivity contribution in [2.24, 2.45) is 0 Å². The second-order valence-electron chi connectivity index (χ2n) is 12.9. The molecule has 0 aliphatic rings. The third-order valence-corrected chi connectivity index (χ3v) is 8.52. The van der Waals surface area contributed by atoms with Crippen LogP contribution < -0.4 is 0 Å². The average molecular weight is 567 g/mol. The molecule has 0 fully saturated rings. The van der Waals surface area contributed by atoms with Crippen LogP contribution in [0.3, 0.4) is 0 Å². The number of unbranched alkanes of at least 4 members (excludes halogenated alkanes) is 26. The quantitative estimate of drug-likeness (QED) is 0.0600. The van der Waals surface area contributed by atoms with Gasteiger partial charge < -0.3 is 9.47 Å². The van der Waals surface area contributed by atoms with Gasteiger partial charge in [-0.1, -0.05) is 181 Å². The first kappa shape index (κ1) is 39.3. The van der Waals surface area contributed by atoms with Crippen LogP contribution in [0.5, 0.6) is 0 Å². The second-order valence-corrected chi connectivity index (χ2v) is 12.9. The number of carbonyl (C=O) groups is 1. The first-order valence-corrected chi connectivity index (χ1v) is 18.5. The molecule has 0 aromatic rings. The molecule has 0 aromatic carbocycles. The van der Waals surface area contributed by atoms with Crippen molar-refractivity contribution in [1.82, 2.24) is 0 Å². The fourth-order valence-corrected chi connectivity index (χ4v) is 5.73. The number of ether oxygens (including phenoxy) is 2. The SMILES string of the molecule is CCCCCCCCCCCCCCCCC(C)OC(=O)OC(C)CCCCCCCCCCCCCCCC. The van der Waals surface area contributed by atoms with Crippen LogP contribution in [-0.4, -0.2) is 18.4 Å². The van der Waals surface area contributed by atoms with Crippen molar-refractivity contribution in [1.29, 1.82) is 0 Å². The predicted molar refractivity (Wildman–Crippen MR) is 176 cm³/mol. The standard InChI is InChI=1S/C37H74O3/c1-5-7-9-11-13-15-17-19-21-23-25-27-29-31-33-35(3)39-37(38)40-36(4)34-32-30-28-26-24-22-20-18-16-14-12-10-8-6-2/h35-36H,5-34H2,1-4H3. The highest BCUT2D eigenvalue weighted by Crippen LogP contribution is 2.16. The lowest BCUT2D eigenvalue weighted by molar-refractivity contribution is 0.00263. The van der Waals surface area contributed by atoms with Gasteiger partial charge >= 0.3 is 6.16 Å². The number of hydrogen-bond donors (Lipinski definition) is 0. The molecule has 0 aromatic heterocycles. The highest BCUT2D eigenvalue weighted by Gasteiger charge is 2.14. The molecule has 3 nitrogen and oxygen atoms in total. The molecule has 0 amide bonds. The summed E-state index contributed by atoms with van der Waals surface area (Å²) in [6.45, 7) is 8.57. The van der Waals surface area contributed by atoms with Crippen LogP contribution in [0.2, 0.25) is 0 Å². The number of rotatable bonds is 32. The van der Waals surface area contributed by atoms with Crippen LogP contribution in [-0.2, 0) is 9.47 Å². The van der Waals surface area contributed by atoms with Crippen molar-refractivity contribution in [2.45, 2.75) is 233 Å². The van der Waals surface area contributed by atoms with Gasteiger partial charge in [0, 0.05) is 0 Å². The molecule has 0 rings (SSSR count). The highest BCUT2D eigenvalue weighted by atomic mass is 16.7. The van der Waals surface area contributed by atoms with Gasteiger partial charge in [-0.15, -0.1) is 0 Å². The summed E-state index contributed by atoms with van der Waals surface area (Å²) >= 11 is 0. The van der Waals surface area contributed by atoms with Gasteiger partial charge in [0.2, 0.25) is 0 Å². The lowest BCUT2D eigenvalue weighted by Crippen LogP contribution is -2.20. The van der Waals surface area contributed by atoms with E-state index in [0.29, 0.717) is 0 Å². The molecule has 40 heavy (non-hydrogen) atoms. The molecule has 0 aliphatic heterocycles. The number of carbonyl (C=O) groups excluding carboxylic acids is 1. The minimum atomic E-state index is -0.476. The zero-order chi connectivity index (χ0) is 29.4. The van der Waals surface area contributed by atoms with Crippen molar-refractivity contribution >= 4 is 6.16 Å². The van der Waals surface area contributed by atoms with Crippen molar-refractivity contribution in [3.8, 4) is 0 Å². The molecule has 0 aliphatic carbocycles. The van der Waals surface area contributed by atoms with Gasteiger partial charge in [0.1, 0.15) is 12.2 Å². The van der Waals surface area contributed by atoms with E-state index in [1.165, 1.54) is 167 Å². The van der Waals surface area contributed by atoms with E-state index in [2.05, 4.69) is 13.8 Å². The minimum absolute atomic E-state index is 0.0434. The summed E-state index contributed by atoms with van der Waals surface area (Å²) in [6.07, 6.45) is 39.6. The zero-order valence-electron chi connectivity index (χ0n) is 28.1. The Labute approximate surface area is 252 Å². The third kappa shape index (κ3) is 31.8. The van der Waals surface area contributed by atoms with Crippen LogP contribution in [0, 0.1) is 0 Å². The molecular weight excluding hydrogens is 492 g/mol. The Bertz CT molecular complexity index is 450. The van der Waals surface area contributed by atoms with Crippen molar-refractivity contribution in [3.05, 3.63) is 0 Å². The molecule has 0 bridgehead atoms. The molecule has 0 saturated carbocycles. The average Bonchev–Trinajstić information content (AvgIpc) is 2.93. The van der Waals surface area contributed by atoms with E-state index < -0.39 is 6.16 Å². The summed E-state index contributed by atoms with van der Waals surface area (Å²) in [6, 6.07) is 0. The predicted octanol–water partition coefficient (Wildman–Crippen LogP) is 13.7. The van der Waals surface area contributed by atoms with E-state index >= 15 is 0 Å². The van der Waals surface area contributed by atoms with E-state index in [1.807, 2.05) is 13.8 Å². The van der Waals surface area contributed by atoms with E-state index in [1.54, 1.807) is 0 Å². The first-order chi connectivity index (χ1) is 19.6. The smallest absolute Gasteiger partial charge is 0.431 e. The summed E-state index contributed by atoms with van der Waals surface area (Å²) in [4.78, 5) is 12.1. The second kappa shape index (κ2) is 32.8. The van der Waals surface area contributed by atoms with Crippen LogP contribution >= 0.6 is 0 Å². The Kier molecular flexibility index (Phi) is 32.2. The van der Waals surface area contributed by atoms with Crippen LogP contribution in [0.1, 0.15) is 220 Å². The monoisotopic (exact) mass is 567 g/mol. The van der Waals surface area contributed by atoms with Gasteiger partial charge in [0.15, 0.2) is 0 Å². The summed E-state index contributed by atoms with van der Waals surface area (Å²) in [5.41, 5.74) is 0. The molecule has 0 saturated heterocycles. The van der Waals surface area contributed by atoms with Crippen molar-refractivity contribution < 1.29 is 14.3 Å². The van der Waals surface area contributed by atoms with Gasteiger partial charge in [0.25, 0.3) is 0 Å². The molecule has 2 atom stereocenters. The van der Waals surface area contributed by atoms with Gasteiger partial charge in [-0.3, -0.25) is 0 Å². The maximum absolute atomic E-state index is 12.1. The maximum Gasteiger partial charge on any atom is 0.508 e.